The van der Waals surface area contributed by atoms with Crippen LogP contribution in [0, 0.1) is 5.41 Å². The van der Waals surface area contributed by atoms with Gasteiger partial charge in [0.1, 0.15) is 0 Å². The molecule has 2 N–H and O–H groups in total. The first kappa shape index (κ1) is 18.1. The largest absolute Gasteiger partial charge is 0.393 e. The molecule has 0 spiro atoms. The highest BCUT2D eigenvalue weighted by Gasteiger charge is 2.24. The van der Waals surface area contributed by atoms with Crippen LogP contribution in [0.1, 0.15) is 40.5 Å². The van der Waals surface area contributed by atoms with Crippen molar-refractivity contribution < 1.29 is 9.90 Å². The van der Waals surface area contributed by atoms with Crippen LogP contribution in [0.25, 0.3) is 0 Å². The molecule has 2 unspecified atom stereocenters. The number of aliphatic hydroxyl groups excluding tert-OH is 1. The van der Waals surface area contributed by atoms with Crippen molar-refractivity contribution in [1.29, 1.82) is 0 Å². The first-order valence-electron chi connectivity index (χ1n) is 7.51. The normalized spacial score (nSPS) is 14.5. The molecule has 3 nitrogen and oxygen atoms in total. The standard InChI is InChI=1S/C17H27NO2S/c1-5-15(21-14-9-7-6-8-10-14)16(20)18-12-17(3,4)11-13(2)19/h6-10,13,15,19H,5,11-12H2,1-4H3,(H,18,20). The van der Waals surface area contributed by atoms with Gasteiger partial charge in [-0.1, -0.05) is 39.0 Å². The maximum Gasteiger partial charge on any atom is 0.233 e. The summed E-state index contributed by atoms with van der Waals surface area (Å²) in [5.41, 5.74) is -0.0977. The van der Waals surface area contributed by atoms with E-state index in [4.69, 9.17) is 0 Å². The number of benzene rings is 1. The highest BCUT2D eigenvalue weighted by Crippen LogP contribution is 2.26. The number of carbonyl (C=O) groups is 1. The molecule has 2 atom stereocenters. The number of hydrogen-bond donors (Lipinski definition) is 2. The van der Waals surface area contributed by atoms with Gasteiger partial charge in [0.05, 0.1) is 11.4 Å². The molecule has 1 aromatic rings. The van der Waals surface area contributed by atoms with Crippen molar-refractivity contribution in [1.82, 2.24) is 5.32 Å². The van der Waals surface area contributed by atoms with Gasteiger partial charge < -0.3 is 10.4 Å². The van der Waals surface area contributed by atoms with Crippen LogP contribution < -0.4 is 5.32 Å². The summed E-state index contributed by atoms with van der Waals surface area (Å²) in [7, 11) is 0. The van der Waals surface area contributed by atoms with Crippen LogP contribution in [0.4, 0.5) is 0 Å². The van der Waals surface area contributed by atoms with Crippen LogP contribution in [0.3, 0.4) is 0 Å². The molecule has 0 heterocycles. The Bertz CT molecular complexity index is 432. The van der Waals surface area contributed by atoms with Crippen molar-refractivity contribution in [3.05, 3.63) is 30.3 Å². The highest BCUT2D eigenvalue weighted by molar-refractivity contribution is 8.00. The fourth-order valence-corrected chi connectivity index (χ4v) is 3.30. The summed E-state index contributed by atoms with van der Waals surface area (Å²) < 4.78 is 0. The van der Waals surface area contributed by atoms with Crippen LogP contribution in [0.15, 0.2) is 35.2 Å². The van der Waals surface area contributed by atoms with E-state index >= 15 is 0 Å². The zero-order valence-corrected chi connectivity index (χ0v) is 14.2. The van der Waals surface area contributed by atoms with Crippen LogP contribution in [-0.4, -0.2) is 28.9 Å². The molecule has 1 aromatic carbocycles. The highest BCUT2D eigenvalue weighted by atomic mass is 32.2. The maximum absolute atomic E-state index is 12.3. The van der Waals surface area contributed by atoms with E-state index in [-0.39, 0.29) is 22.7 Å². The first-order chi connectivity index (χ1) is 9.84. The minimum absolute atomic E-state index is 0.0741. The summed E-state index contributed by atoms with van der Waals surface area (Å²) in [5.74, 6) is 0.0741. The van der Waals surface area contributed by atoms with Crippen LogP contribution in [0.2, 0.25) is 0 Å². The summed E-state index contributed by atoms with van der Waals surface area (Å²) in [4.78, 5) is 13.4. The monoisotopic (exact) mass is 309 g/mol. The average molecular weight is 309 g/mol. The van der Waals surface area contributed by atoms with Gasteiger partial charge in [-0.25, -0.2) is 0 Å². The Morgan fingerprint density at radius 3 is 2.48 bits per heavy atom. The van der Waals surface area contributed by atoms with Gasteiger partial charge in [-0.3, -0.25) is 4.79 Å². The molecule has 0 radical (unpaired) electrons. The van der Waals surface area contributed by atoms with E-state index in [0.717, 1.165) is 11.3 Å². The molecule has 1 amide bonds. The number of amides is 1. The molecule has 1 rings (SSSR count). The Kier molecular flexibility index (Phi) is 7.26. The second-order valence-electron chi connectivity index (χ2n) is 6.26. The molecule has 0 bridgehead atoms. The number of thioether (sulfide) groups is 1. The molecule has 0 aromatic heterocycles. The molecule has 21 heavy (non-hydrogen) atoms. The molecule has 0 aliphatic heterocycles. The predicted octanol–water partition coefficient (Wildman–Crippen LogP) is 3.47. The lowest BCUT2D eigenvalue weighted by molar-refractivity contribution is -0.121. The second kappa shape index (κ2) is 8.44. The molecule has 0 saturated heterocycles. The molecule has 0 fully saturated rings. The van der Waals surface area contributed by atoms with Crippen molar-refractivity contribution in [2.24, 2.45) is 5.41 Å². The summed E-state index contributed by atoms with van der Waals surface area (Å²) >= 11 is 1.60. The van der Waals surface area contributed by atoms with Gasteiger partial charge in [-0.2, -0.15) is 0 Å². The van der Waals surface area contributed by atoms with Gasteiger partial charge >= 0.3 is 0 Å². The third-order valence-corrected chi connectivity index (χ3v) is 4.65. The van der Waals surface area contributed by atoms with E-state index in [9.17, 15) is 9.90 Å². The number of rotatable bonds is 8. The molecular weight excluding hydrogens is 282 g/mol. The zero-order chi connectivity index (χ0) is 15.9. The van der Waals surface area contributed by atoms with E-state index in [2.05, 4.69) is 19.2 Å². The average Bonchev–Trinajstić information content (AvgIpc) is 2.42. The minimum atomic E-state index is -0.349. The van der Waals surface area contributed by atoms with E-state index in [0.29, 0.717) is 13.0 Å². The van der Waals surface area contributed by atoms with Crippen LogP contribution in [0.5, 0.6) is 0 Å². The van der Waals surface area contributed by atoms with Gasteiger partial charge in [-0.15, -0.1) is 11.8 Å². The lowest BCUT2D eigenvalue weighted by atomic mass is 9.87. The molecule has 0 saturated carbocycles. The summed E-state index contributed by atoms with van der Waals surface area (Å²) in [6.45, 7) is 8.52. The van der Waals surface area contributed by atoms with Crippen molar-refractivity contribution in [2.45, 2.75) is 56.8 Å². The molecule has 4 heteroatoms. The summed E-state index contributed by atoms with van der Waals surface area (Å²) in [6.07, 6.45) is 1.12. The van der Waals surface area contributed by atoms with E-state index in [1.54, 1.807) is 18.7 Å². The first-order valence-corrected chi connectivity index (χ1v) is 8.39. The van der Waals surface area contributed by atoms with Crippen LogP contribution in [-0.2, 0) is 4.79 Å². The van der Waals surface area contributed by atoms with Crippen molar-refractivity contribution in [3.8, 4) is 0 Å². The van der Waals surface area contributed by atoms with Crippen LogP contribution >= 0.6 is 11.8 Å². The fourth-order valence-electron chi connectivity index (χ4n) is 2.30. The Morgan fingerprint density at radius 1 is 1.33 bits per heavy atom. The quantitative estimate of drug-likeness (QED) is 0.723. The predicted molar refractivity (Wildman–Crippen MR) is 89.5 cm³/mol. The number of aliphatic hydroxyl groups is 1. The molecular formula is C17H27NO2S. The summed E-state index contributed by atoms with van der Waals surface area (Å²) in [5, 5.41) is 12.4. The maximum atomic E-state index is 12.3. The topological polar surface area (TPSA) is 49.3 Å². The molecule has 0 aliphatic rings. The van der Waals surface area contributed by atoms with Gasteiger partial charge in [0.15, 0.2) is 0 Å². The Labute approximate surface area is 132 Å². The molecule has 0 aliphatic carbocycles. The van der Waals surface area contributed by atoms with Crippen molar-refractivity contribution in [2.75, 3.05) is 6.54 Å². The van der Waals surface area contributed by atoms with E-state index < -0.39 is 0 Å². The Morgan fingerprint density at radius 2 is 1.95 bits per heavy atom. The second-order valence-corrected chi connectivity index (χ2v) is 7.54. The zero-order valence-electron chi connectivity index (χ0n) is 13.4. The fraction of sp³-hybridized carbons (Fsp3) is 0.588. The smallest absolute Gasteiger partial charge is 0.233 e. The minimum Gasteiger partial charge on any atom is -0.393 e. The van der Waals surface area contributed by atoms with Gasteiger partial charge in [0.2, 0.25) is 5.91 Å². The van der Waals surface area contributed by atoms with Gasteiger partial charge in [0, 0.05) is 11.4 Å². The summed E-state index contributed by atoms with van der Waals surface area (Å²) in [6, 6.07) is 10.00. The van der Waals surface area contributed by atoms with Gasteiger partial charge in [0.25, 0.3) is 0 Å². The van der Waals surface area contributed by atoms with E-state index in [1.807, 2.05) is 37.3 Å². The Hall–Kier alpha value is -1.00. The lowest BCUT2D eigenvalue weighted by Gasteiger charge is -2.27. The van der Waals surface area contributed by atoms with E-state index in [1.165, 1.54) is 0 Å². The Balaban J connectivity index is 2.52. The van der Waals surface area contributed by atoms with Gasteiger partial charge in [-0.05, 0) is 37.3 Å². The number of carbonyl (C=O) groups excluding carboxylic acids is 1. The van der Waals surface area contributed by atoms with Crippen molar-refractivity contribution in [3.63, 3.8) is 0 Å². The SMILES string of the molecule is CCC(Sc1ccccc1)C(=O)NCC(C)(C)CC(C)O. The molecule has 118 valence electrons. The van der Waals surface area contributed by atoms with Crippen molar-refractivity contribution >= 4 is 17.7 Å². The number of nitrogens with one attached hydrogen (secondary N) is 1. The third-order valence-electron chi connectivity index (χ3n) is 3.27. The lowest BCUT2D eigenvalue weighted by Crippen LogP contribution is -2.39. The number of hydrogen-bond acceptors (Lipinski definition) is 3. The third kappa shape index (κ3) is 7.00.